The Kier molecular flexibility index (Phi) is 3.14. The van der Waals surface area contributed by atoms with Crippen LogP contribution in [0, 0.1) is 0 Å². The highest BCUT2D eigenvalue weighted by atomic mass is 16.5. The maximum Gasteiger partial charge on any atom is 0.339 e. The molecule has 0 spiro atoms. The first-order chi connectivity index (χ1) is 8.67. The lowest BCUT2D eigenvalue weighted by Crippen LogP contribution is -2.01. The van der Waals surface area contributed by atoms with Crippen LogP contribution >= 0.6 is 0 Å². The summed E-state index contributed by atoms with van der Waals surface area (Å²) in [4.78, 5) is 24.6. The van der Waals surface area contributed by atoms with Crippen LogP contribution in [0.4, 0.5) is 0 Å². The van der Waals surface area contributed by atoms with E-state index >= 15 is 0 Å². The summed E-state index contributed by atoms with van der Waals surface area (Å²) in [5.41, 5.74) is 1.74. The Morgan fingerprint density at radius 1 is 1.33 bits per heavy atom. The Labute approximate surface area is 103 Å². The van der Waals surface area contributed by atoms with Gasteiger partial charge in [-0.15, -0.1) is 0 Å². The molecule has 1 heterocycles. The average Bonchev–Trinajstić information content (AvgIpc) is 2.86. The van der Waals surface area contributed by atoms with Crippen LogP contribution in [-0.2, 0) is 0 Å². The number of carboxylic acids is 1. The van der Waals surface area contributed by atoms with E-state index in [9.17, 15) is 9.59 Å². The summed E-state index contributed by atoms with van der Waals surface area (Å²) in [5.74, 6) is -0.792. The Morgan fingerprint density at radius 3 is 2.67 bits per heavy atom. The normalized spacial score (nSPS) is 10.1. The number of ether oxygens (including phenoxy) is 1. The first-order valence-corrected chi connectivity index (χ1v) is 5.22. The minimum atomic E-state index is -1.06. The number of aldehydes is 1. The molecule has 0 atom stereocenters. The number of aromatic nitrogens is 1. The van der Waals surface area contributed by atoms with Gasteiger partial charge in [0.25, 0.3) is 0 Å². The molecule has 92 valence electrons. The molecule has 0 amide bonds. The monoisotopic (exact) mass is 245 g/mol. The van der Waals surface area contributed by atoms with Gasteiger partial charge in [-0.3, -0.25) is 4.79 Å². The van der Waals surface area contributed by atoms with Crippen molar-refractivity contribution in [3.63, 3.8) is 0 Å². The van der Waals surface area contributed by atoms with E-state index in [1.165, 1.54) is 13.2 Å². The van der Waals surface area contributed by atoms with Crippen LogP contribution in [0.15, 0.2) is 30.3 Å². The van der Waals surface area contributed by atoms with Crippen molar-refractivity contribution in [2.75, 3.05) is 7.11 Å². The highest BCUT2D eigenvalue weighted by molar-refractivity contribution is 5.94. The van der Waals surface area contributed by atoms with Crippen molar-refractivity contribution < 1.29 is 19.4 Å². The third-order valence-electron chi connectivity index (χ3n) is 2.58. The van der Waals surface area contributed by atoms with E-state index in [0.29, 0.717) is 23.2 Å². The van der Waals surface area contributed by atoms with Crippen LogP contribution in [0.25, 0.3) is 11.3 Å². The zero-order valence-corrected chi connectivity index (χ0v) is 9.64. The molecule has 2 aromatic rings. The molecular weight excluding hydrogens is 234 g/mol. The van der Waals surface area contributed by atoms with Crippen molar-refractivity contribution in [2.24, 2.45) is 0 Å². The number of methoxy groups -OCH3 is 1. The van der Waals surface area contributed by atoms with E-state index in [-0.39, 0.29) is 11.3 Å². The SMILES string of the molecule is COc1c(C(=O)O)cccc1-c1ccc(C=O)[nH]1. The number of aromatic carboxylic acids is 1. The van der Waals surface area contributed by atoms with Crippen molar-refractivity contribution in [2.45, 2.75) is 0 Å². The van der Waals surface area contributed by atoms with Crippen molar-refractivity contribution in [3.8, 4) is 17.0 Å². The largest absolute Gasteiger partial charge is 0.495 e. The van der Waals surface area contributed by atoms with Crippen LogP contribution in [0.2, 0.25) is 0 Å². The molecule has 0 radical (unpaired) electrons. The fraction of sp³-hybridized carbons (Fsp3) is 0.0769. The van der Waals surface area contributed by atoms with Gasteiger partial charge in [-0.1, -0.05) is 6.07 Å². The van der Waals surface area contributed by atoms with Crippen LogP contribution in [0.3, 0.4) is 0 Å². The van der Waals surface area contributed by atoms with Gasteiger partial charge in [-0.2, -0.15) is 0 Å². The van der Waals surface area contributed by atoms with E-state index in [0.717, 1.165) is 0 Å². The quantitative estimate of drug-likeness (QED) is 0.809. The van der Waals surface area contributed by atoms with Gasteiger partial charge in [0.1, 0.15) is 11.3 Å². The molecule has 2 rings (SSSR count). The van der Waals surface area contributed by atoms with Gasteiger partial charge >= 0.3 is 5.97 Å². The standard InChI is InChI=1S/C13H11NO4/c1-18-12-9(3-2-4-10(12)13(16)17)11-6-5-8(7-15)14-11/h2-7,14H,1H3,(H,16,17). The van der Waals surface area contributed by atoms with Crippen LogP contribution in [0.5, 0.6) is 5.75 Å². The van der Waals surface area contributed by atoms with Crippen molar-refractivity contribution in [1.29, 1.82) is 0 Å². The number of nitrogens with one attached hydrogen (secondary N) is 1. The lowest BCUT2D eigenvalue weighted by Gasteiger charge is -2.09. The lowest BCUT2D eigenvalue weighted by atomic mass is 10.1. The number of hydrogen-bond acceptors (Lipinski definition) is 3. The highest BCUT2D eigenvalue weighted by Crippen LogP contribution is 2.32. The molecule has 0 fully saturated rings. The van der Waals surface area contributed by atoms with Gasteiger partial charge in [-0.05, 0) is 24.3 Å². The van der Waals surface area contributed by atoms with Gasteiger partial charge in [0.2, 0.25) is 0 Å². The first-order valence-electron chi connectivity index (χ1n) is 5.22. The number of benzene rings is 1. The molecule has 0 aliphatic heterocycles. The molecule has 1 aromatic heterocycles. The highest BCUT2D eigenvalue weighted by Gasteiger charge is 2.16. The Bertz CT molecular complexity index is 601. The summed E-state index contributed by atoms with van der Waals surface area (Å²) in [6.07, 6.45) is 0.691. The summed E-state index contributed by atoms with van der Waals surface area (Å²) in [5, 5.41) is 9.07. The Morgan fingerprint density at radius 2 is 2.11 bits per heavy atom. The molecule has 5 nitrogen and oxygen atoms in total. The van der Waals surface area contributed by atoms with E-state index < -0.39 is 5.97 Å². The second-order valence-corrected chi connectivity index (χ2v) is 3.64. The number of para-hydroxylation sites is 1. The Balaban J connectivity index is 2.59. The fourth-order valence-corrected chi connectivity index (χ4v) is 1.78. The zero-order chi connectivity index (χ0) is 13.1. The molecule has 5 heteroatoms. The van der Waals surface area contributed by atoms with Crippen LogP contribution in [0.1, 0.15) is 20.8 Å². The third kappa shape index (κ3) is 1.98. The fourth-order valence-electron chi connectivity index (χ4n) is 1.78. The number of carboxylic acid groups (broad SMARTS) is 1. The summed E-state index contributed by atoms with van der Waals surface area (Å²) in [6.45, 7) is 0. The zero-order valence-electron chi connectivity index (χ0n) is 9.64. The van der Waals surface area contributed by atoms with Crippen LogP contribution in [-0.4, -0.2) is 29.5 Å². The average molecular weight is 245 g/mol. The molecule has 0 saturated carbocycles. The number of H-pyrrole nitrogens is 1. The van der Waals surface area contributed by atoms with Gasteiger partial charge in [-0.25, -0.2) is 4.79 Å². The third-order valence-corrected chi connectivity index (χ3v) is 2.58. The topological polar surface area (TPSA) is 79.4 Å². The first kappa shape index (κ1) is 11.9. The van der Waals surface area contributed by atoms with E-state index in [2.05, 4.69) is 4.98 Å². The smallest absolute Gasteiger partial charge is 0.339 e. The molecule has 0 aliphatic carbocycles. The second kappa shape index (κ2) is 4.75. The van der Waals surface area contributed by atoms with E-state index in [1.807, 2.05) is 0 Å². The number of hydrogen-bond donors (Lipinski definition) is 2. The minimum Gasteiger partial charge on any atom is -0.495 e. The number of carbonyl (C=O) groups excluding carboxylic acids is 1. The number of aromatic amines is 1. The van der Waals surface area contributed by atoms with Crippen molar-refractivity contribution in [1.82, 2.24) is 4.98 Å². The number of carbonyl (C=O) groups is 2. The maximum atomic E-state index is 11.1. The molecule has 0 aliphatic rings. The molecule has 0 saturated heterocycles. The molecule has 18 heavy (non-hydrogen) atoms. The second-order valence-electron chi connectivity index (χ2n) is 3.64. The molecule has 2 N–H and O–H groups in total. The minimum absolute atomic E-state index is 0.0808. The molecule has 1 aromatic carbocycles. The van der Waals surface area contributed by atoms with E-state index in [4.69, 9.17) is 9.84 Å². The lowest BCUT2D eigenvalue weighted by molar-refractivity contribution is 0.0693. The predicted molar refractivity (Wildman–Crippen MR) is 65.1 cm³/mol. The summed E-state index contributed by atoms with van der Waals surface area (Å²) in [7, 11) is 1.41. The summed E-state index contributed by atoms with van der Waals surface area (Å²) >= 11 is 0. The summed E-state index contributed by atoms with van der Waals surface area (Å²) < 4.78 is 5.15. The predicted octanol–water partition coefficient (Wildman–Crippen LogP) is 2.20. The van der Waals surface area contributed by atoms with Crippen LogP contribution < -0.4 is 4.74 Å². The van der Waals surface area contributed by atoms with Crippen molar-refractivity contribution in [3.05, 3.63) is 41.6 Å². The van der Waals surface area contributed by atoms with E-state index in [1.54, 1.807) is 24.3 Å². The van der Waals surface area contributed by atoms with Gasteiger partial charge in [0, 0.05) is 11.3 Å². The number of rotatable bonds is 4. The Hall–Kier alpha value is -2.56. The van der Waals surface area contributed by atoms with Gasteiger partial charge in [0.05, 0.1) is 12.8 Å². The van der Waals surface area contributed by atoms with Crippen molar-refractivity contribution >= 4 is 12.3 Å². The van der Waals surface area contributed by atoms with Gasteiger partial charge < -0.3 is 14.8 Å². The van der Waals surface area contributed by atoms with Gasteiger partial charge in [0.15, 0.2) is 6.29 Å². The molecular formula is C13H11NO4. The maximum absolute atomic E-state index is 11.1. The molecule has 0 bridgehead atoms. The summed E-state index contributed by atoms with van der Waals surface area (Å²) in [6, 6.07) is 8.14. The molecule has 0 unspecified atom stereocenters.